The molecule has 438 valence electrons. The first-order chi connectivity index (χ1) is 32.3. The van der Waals surface area contributed by atoms with Crippen LogP contribution in [0.4, 0.5) is 52.7 Å². The first-order valence-corrected chi connectivity index (χ1v) is 19.9. The van der Waals surface area contributed by atoms with Crippen LogP contribution in [-0.4, -0.2) is 238 Å². The summed E-state index contributed by atoms with van der Waals surface area (Å²) in [5.74, 6) is -18.5. The maximum atomic E-state index is 11.3. The summed E-state index contributed by atoms with van der Waals surface area (Å²) >= 11 is 0. The summed E-state index contributed by atoms with van der Waals surface area (Å²) in [6.07, 6.45) is -27.2. The Morgan fingerprint density at radius 3 is 0.425 bits per heavy atom. The summed E-state index contributed by atoms with van der Waals surface area (Å²) in [6, 6.07) is 0. The van der Waals surface area contributed by atoms with Crippen LogP contribution in [0.5, 0.6) is 0 Å². The maximum Gasteiger partial charge on any atom is 0.430 e. The Kier molecular flexibility index (Phi) is 56.8. The minimum atomic E-state index is -5.29. The minimum absolute atomic E-state index is 1.21. The number of nitrogens with zero attached hydrogens (tertiary/aromatic N) is 3. The molecule has 0 bridgehead atoms. The molecule has 3 atom stereocenters. The maximum absolute atomic E-state index is 11.3. The molecule has 24 nitrogen and oxygen atoms in total. The Morgan fingerprint density at radius 2 is 0.425 bits per heavy atom. The highest BCUT2D eigenvalue weighted by molar-refractivity contribution is 6.28. The van der Waals surface area contributed by atoms with Crippen LogP contribution >= 0.6 is 0 Å². The third kappa shape index (κ3) is 68.3. The summed E-state index contributed by atoms with van der Waals surface area (Å²) in [5.41, 5.74) is 0. The van der Waals surface area contributed by atoms with Gasteiger partial charge in [0, 0.05) is 0 Å². The lowest BCUT2D eigenvalue weighted by molar-refractivity contribution is -0.904. The number of rotatable bonds is 12. The highest BCUT2D eigenvalue weighted by Gasteiger charge is 2.47. The van der Waals surface area contributed by atoms with Crippen molar-refractivity contribution in [3.8, 4) is 0 Å². The van der Waals surface area contributed by atoms with Gasteiger partial charge in [0.25, 0.3) is 18.5 Å². The van der Waals surface area contributed by atoms with Gasteiger partial charge in [-0.1, -0.05) is 0 Å². The van der Waals surface area contributed by atoms with E-state index >= 15 is 0 Å². The van der Waals surface area contributed by atoms with Gasteiger partial charge in [0.15, 0.2) is 0 Å². The predicted molar refractivity (Wildman–Crippen MR) is 221 cm³/mol. The Hall–Kier alpha value is -5.79. The molecule has 37 heteroatoms. The molecule has 0 aliphatic carbocycles. The first-order valence-electron chi connectivity index (χ1n) is 19.9. The third-order valence-electron chi connectivity index (χ3n) is 8.93. The number of quaternary nitrogens is 3. The van der Waals surface area contributed by atoms with Crippen LogP contribution < -0.4 is 15.1 Å². The smallest absolute Gasteiger partial charge is 0.430 e. The molecule has 0 amide bonds. The molecule has 0 heterocycles. The van der Waals surface area contributed by atoms with Crippen molar-refractivity contribution in [2.45, 2.75) is 99.4 Å². The number of carbonyl (C=O) groups is 9. The fourth-order valence-electron chi connectivity index (χ4n) is 2.43. The van der Waals surface area contributed by atoms with Gasteiger partial charge in [-0.05, 0) is 62.3 Å². The van der Waals surface area contributed by atoms with Crippen LogP contribution in [0.2, 0.25) is 0 Å². The second kappa shape index (κ2) is 46.0. The average Bonchev–Trinajstić information content (AvgIpc) is 3.27. The van der Waals surface area contributed by atoms with Gasteiger partial charge >= 0.3 is 72.3 Å². The molecule has 0 aromatic heterocycles. The van der Waals surface area contributed by atoms with Crippen LogP contribution in [0.1, 0.15) is 62.3 Å². The number of aliphatic carboxylic acids is 9. The predicted octanol–water partition coefficient (Wildman–Crippen LogP) is 0.911. The molecule has 0 spiro atoms. The first kappa shape index (κ1) is 90.0. The average molecular weight is 1120 g/mol. The van der Waals surface area contributed by atoms with Crippen LogP contribution in [0.3, 0.4) is 0 Å². The molecule has 0 aromatic carbocycles. The summed E-state index contributed by atoms with van der Waals surface area (Å²) in [7, 11) is 3.96. The van der Waals surface area contributed by atoms with Crippen molar-refractivity contribution in [1.82, 2.24) is 0 Å². The topological polar surface area (TPSA) is 405 Å². The van der Waals surface area contributed by atoms with Gasteiger partial charge in [-0.15, -0.1) is 0 Å². The van der Waals surface area contributed by atoms with Crippen LogP contribution in [0.15, 0.2) is 0 Å². The molecule has 0 saturated carbocycles. The highest BCUT2D eigenvalue weighted by atomic mass is 19.4. The van der Waals surface area contributed by atoms with Crippen LogP contribution in [0, 0.1) is 0 Å². The van der Waals surface area contributed by atoms with Gasteiger partial charge in [0.2, 0.25) is 0 Å². The molecular formula is C36H66BF12N3O21. The normalized spacial score (nSPS) is 11.7. The summed E-state index contributed by atoms with van der Waals surface area (Å²) < 4.78 is 136. The van der Waals surface area contributed by atoms with Gasteiger partial charge in [0.05, 0.1) is 80.0 Å². The lowest BCUT2D eigenvalue weighted by atomic mass is 10.3. The number of hydrogen-bond donors (Lipinski definition) is 9. The largest absolute Gasteiger partial charge is 0.907 e. The van der Waals surface area contributed by atoms with E-state index in [0.717, 1.165) is 0 Å². The highest BCUT2D eigenvalue weighted by Crippen LogP contribution is 2.24. The lowest BCUT2D eigenvalue weighted by Crippen LogP contribution is -2.56. The van der Waals surface area contributed by atoms with Gasteiger partial charge in [-0.2, -0.15) is 39.5 Å². The SMILES string of the molecule is CC[N+](C)(CC)CC.CC[N+](C)(CC)CC.CC[N+](C)(CC)CC.O=C(O)C(=O)O.O=C(O)C(=O)O.O=C(O)C(=O)O.O=C(O)C(F)C(F)(F)F.O=C(O)C(F)C(F)(F)F.O=C(O)C(F)C(F)(F)F.[O-]B([O-])[O-]. The lowest BCUT2D eigenvalue weighted by Gasteiger charge is -2.35. The molecule has 73 heavy (non-hydrogen) atoms. The van der Waals surface area contributed by atoms with Crippen LogP contribution in [0.25, 0.3) is 0 Å². The standard InChI is InChI=1S/3C7H18N.3C3H2F4O2.3C2H2O4.BO3/c3*1-5-8(4,6-2)7-3;3*4-1(2(8)9)3(5,6)7;3*3-1(4)2(5)6;2-1(3)4/h3*5-7H2,1-4H3;3*1H,(H,8,9);3*(H,3,4)(H,5,6);/q3*+1;;;;;;;-3. The Labute approximate surface area is 410 Å². The summed E-state index contributed by atoms with van der Waals surface area (Å²) in [4.78, 5) is 82.4. The fourth-order valence-corrected chi connectivity index (χ4v) is 2.43. The summed E-state index contributed by atoms with van der Waals surface area (Å²) in [5, 5.41) is 91.9. The second-order valence-electron chi connectivity index (χ2n) is 13.6. The second-order valence-corrected chi connectivity index (χ2v) is 13.6. The summed E-state index contributed by atoms with van der Waals surface area (Å²) in [6.45, 7) is 31.5. The Balaban J connectivity index is -0.0000000760. The van der Waals surface area contributed by atoms with Crippen molar-refractivity contribution in [2.24, 2.45) is 0 Å². The molecule has 3 unspecified atom stereocenters. The van der Waals surface area contributed by atoms with E-state index in [1.54, 1.807) is 0 Å². The van der Waals surface area contributed by atoms with Crippen molar-refractivity contribution >= 4 is 61.0 Å². The van der Waals surface area contributed by atoms with E-state index < -0.39 is 98.1 Å². The molecular weight excluding hydrogens is 1050 g/mol. The van der Waals surface area contributed by atoms with E-state index in [9.17, 15) is 67.1 Å². The van der Waals surface area contributed by atoms with Crippen molar-refractivity contribution in [3.63, 3.8) is 0 Å². The van der Waals surface area contributed by atoms with E-state index in [2.05, 4.69) is 83.5 Å². The van der Waals surface area contributed by atoms with E-state index in [0.29, 0.717) is 0 Å². The fraction of sp³-hybridized carbons (Fsp3) is 0.750. The van der Waals surface area contributed by atoms with Crippen molar-refractivity contribution in [1.29, 1.82) is 0 Å². The van der Waals surface area contributed by atoms with Gasteiger partial charge < -0.3 is 74.5 Å². The van der Waals surface area contributed by atoms with Gasteiger partial charge in [-0.25, -0.2) is 56.3 Å². The van der Waals surface area contributed by atoms with E-state index in [1.807, 2.05) is 0 Å². The molecule has 0 saturated heterocycles. The van der Waals surface area contributed by atoms with Crippen LogP contribution in [-0.2, 0) is 43.2 Å². The molecule has 0 radical (unpaired) electrons. The molecule has 0 fully saturated rings. The molecule has 0 aromatic rings. The molecule has 0 aliphatic rings. The zero-order valence-electron chi connectivity index (χ0n) is 41.5. The quantitative estimate of drug-likeness (QED) is 0.0567. The van der Waals surface area contributed by atoms with Gasteiger partial charge in [0.1, 0.15) is 0 Å². The number of hydrogen-bond acceptors (Lipinski definition) is 12. The van der Waals surface area contributed by atoms with Gasteiger partial charge in [-0.3, -0.25) is 7.32 Å². The zero-order valence-corrected chi connectivity index (χ0v) is 41.5. The molecule has 9 N–H and O–H groups in total. The van der Waals surface area contributed by atoms with E-state index in [-0.39, 0.29) is 0 Å². The van der Waals surface area contributed by atoms with Crippen molar-refractivity contribution < 1.29 is 170 Å². The number of alkyl halides is 12. The Bertz CT molecular complexity index is 1310. The minimum Gasteiger partial charge on any atom is -0.907 e. The zero-order chi connectivity index (χ0) is 61.9. The number of carboxylic acid groups (broad SMARTS) is 9. The molecule has 0 rings (SSSR count). The van der Waals surface area contributed by atoms with Crippen molar-refractivity contribution in [3.05, 3.63) is 0 Å². The number of halogens is 12. The van der Waals surface area contributed by atoms with E-state index in [1.165, 1.54) is 72.4 Å². The monoisotopic (exact) mass is 1120 g/mol. The Morgan fingerprint density at radius 1 is 0.342 bits per heavy atom. The van der Waals surface area contributed by atoms with E-state index in [4.69, 9.17) is 89.8 Å². The molecule has 0 aliphatic heterocycles. The third-order valence-corrected chi connectivity index (χ3v) is 8.93. The van der Waals surface area contributed by atoms with Crippen molar-refractivity contribution in [2.75, 3.05) is 80.0 Å². The number of carboxylic acids is 9.